The Morgan fingerprint density at radius 2 is 1.89 bits per heavy atom. The van der Waals surface area contributed by atoms with Crippen molar-refractivity contribution in [2.24, 2.45) is 0 Å². The third-order valence-corrected chi connectivity index (χ3v) is 7.64. The van der Waals surface area contributed by atoms with E-state index in [1.54, 1.807) is 12.4 Å². The number of thioether (sulfide) groups is 1. The summed E-state index contributed by atoms with van der Waals surface area (Å²) in [6.07, 6.45) is 4.30. The largest absolute Gasteiger partial charge is 0.372 e. The van der Waals surface area contributed by atoms with E-state index in [9.17, 15) is 13.2 Å². The van der Waals surface area contributed by atoms with E-state index in [4.69, 9.17) is 9.47 Å². The van der Waals surface area contributed by atoms with Gasteiger partial charge < -0.3 is 14.8 Å². The third-order valence-electron chi connectivity index (χ3n) is 4.74. The molecule has 28 heavy (non-hydrogen) atoms. The molecular formula is C18H27N3O5S2. The lowest BCUT2D eigenvalue weighted by molar-refractivity contribution is -0.119. The molecule has 8 nitrogen and oxygen atoms in total. The zero-order chi connectivity index (χ0) is 20.0. The lowest BCUT2D eigenvalue weighted by Gasteiger charge is -2.19. The maximum Gasteiger partial charge on any atom is 0.230 e. The Morgan fingerprint density at radius 3 is 2.50 bits per heavy atom. The van der Waals surface area contributed by atoms with Gasteiger partial charge >= 0.3 is 0 Å². The number of carbonyl (C=O) groups excluding carboxylic acids is 1. The maximum absolute atomic E-state index is 12.4. The summed E-state index contributed by atoms with van der Waals surface area (Å²) in [5.74, 6) is 0.378. The minimum absolute atomic E-state index is 0.0881. The fraction of sp³-hybridized carbons (Fsp3) is 0.667. The molecule has 0 spiro atoms. The topological polar surface area (TPSA) is 97.8 Å². The molecular weight excluding hydrogens is 402 g/mol. The van der Waals surface area contributed by atoms with Crippen molar-refractivity contribution in [3.8, 4) is 0 Å². The number of hydrogen-bond donors (Lipinski definition) is 1. The van der Waals surface area contributed by atoms with E-state index in [1.807, 2.05) is 19.1 Å². The molecule has 2 saturated heterocycles. The summed E-state index contributed by atoms with van der Waals surface area (Å²) in [4.78, 5) is 17.1. The molecule has 0 aliphatic carbocycles. The summed E-state index contributed by atoms with van der Waals surface area (Å²) in [5.41, 5.74) is 0. The van der Waals surface area contributed by atoms with Crippen LogP contribution in [0.4, 0.5) is 0 Å². The van der Waals surface area contributed by atoms with E-state index < -0.39 is 10.0 Å². The number of unbranched alkanes of at least 4 members (excludes halogenated alkanes) is 1. The molecule has 0 unspecified atom stereocenters. The first-order chi connectivity index (χ1) is 13.5. The van der Waals surface area contributed by atoms with Crippen LogP contribution in [0.5, 0.6) is 0 Å². The molecule has 156 valence electrons. The van der Waals surface area contributed by atoms with E-state index in [0.717, 1.165) is 11.3 Å². The highest BCUT2D eigenvalue weighted by Gasteiger charge is 2.41. The summed E-state index contributed by atoms with van der Waals surface area (Å²) in [6, 6.07) is 3.48. The number of hydrogen-bond acceptors (Lipinski definition) is 7. The van der Waals surface area contributed by atoms with Gasteiger partial charge in [0.25, 0.3) is 0 Å². The molecule has 3 heterocycles. The van der Waals surface area contributed by atoms with Gasteiger partial charge in [-0.15, -0.1) is 11.8 Å². The van der Waals surface area contributed by atoms with Crippen LogP contribution in [0.3, 0.4) is 0 Å². The zero-order valence-electron chi connectivity index (χ0n) is 16.0. The minimum atomic E-state index is -3.26. The molecule has 2 fully saturated rings. The van der Waals surface area contributed by atoms with Crippen LogP contribution in [0, 0.1) is 0 Å². The van der Waals surface area contributed by atoms with Gasteiger partial charge in [0.1, 0.15) is 0 Å². The molecule has 0 saturated carbocycles. The highest BCUT2D eigenvalue weighted by molar-refractivity contribution is 8.00. The molecule has 1 aromatic rings. The minimum Gasteiger partial charge on any atom is -0.372 e. The van der Waals surface area contributed by atoms with Crippen LogP contribution in [-0.2, 0) is 24.3 Å². The van der Waals surface area contributed by atoms with Crippen LogP contribution >= 0.6 is 11.8 Å². The van der Waals surface area contributed by atoms with Gasteiger partial charge in [0.15, 0.2) is 0 Å². The Kier molecular flexibility index (Phi) is 7.69. The maximum atomic E-state index is 12.4. The number of pyridine rings is 1. The standard InChI is InChI=1S/C18H27N3O5S2/c1-2-3-8-28(23,24)21-9-16-17(10-21)26-12-14(11-25-16)20-18(22)13-27-15-4-6-19-7-5-15/h4-7,14,16-17H,2-3,8-13H2,1H3,(H,20,22)/t16-,17-/m0/s1. The highest BCUT2D eigenvalue weighted by Crippen LogP contribution is 2.23. The first kappa shape index (κ1) is 21.5. The number of rotatable bonds is 8. The predicted octanol–water partition coefficient (Wildman–Crippen LogP) is 0.888. The molecule has 0 bridgehead atoms. The quantitative estimate of drug-likeness (QED) is 0.613. The van der Waals surface area contributed by atoms with Gasteiger partial charge in [-0.25, -0.2) is 8.42 Å². The van der Waals surface area contributed by atoms with Crippen molar-refractivity contribution < 1.29 is 22.7 Å². The number of nitrogens with one attached hydrogen (secondary N) is 1. The number of amides is 1. The number of carbonyl (C=O) groups is 1. The Morgan fingerprint density at radius 1 is 1.25 bits per heavy atom. The summed E-state index contributed by atoms with van der Waals surface area (Å²) in [6.45, 7) is 3.23. The summed E-state index contributed by atoms with van der Waals surface area (Å²) >= 11 is 1.44. The van der Waals surface area contributed by atoms with Gasteiger partial charge in [0.2, 0.25) is 15.9 Å². The Bertz CT molecular complexity index is 731. The molecule has 1 amide bonds. The van der Waals surface area contributed by atoms with E-state index >= 15 is 0 Å². The number of sulfonamides is 1. The van der Waals surface area contributed by atoms with Crippen molar-refractivity contribution in [1.82, 2.24) is 14.6 Å². The van der Waals surface area contributed by atoms with Crippen molar-refractivity contribution in [3.05, 3.63) is 24.5 Å². The van der Waals surface area contributed by atoms with Gasteiger partial charge in [0, 0.05) is 30.4 Å². The molecule has 10 heteroatoms. The van der Waals surface area contributed by atoms with E-state index in [-0.39, 0.29) is 29.9 Å². The normalized spacial score (nSPS) is 23.9. The first-order valence-electron chi connectivity index (χ1n) is 9.51. The molecule has 2 aliphatic rings. The van der Waals surface area contributed by atoms with Gasteiger partial charge in [-0.1, -0.05) is 13.3 Å². The van der Waals surface area contributed by atoms with Crippen molar-refractivity contribution in [2.45, 2.75) is 42.9 Å². The molecule has 2 atom stereocenters. The Balaban J connectivity index is 1.44. The monoisotopic (exact) mass is 429 g/mol. The van der Waals surface area contributed by atoms with E-state index in [2.05, 4.69) is 10.3 Å². The number of fused-ring (bicyclic) bond motifs is 1. The fourth-order valence-electron chi connectivity index (χ4n) is 3.18. The van der Waals surface area contributed by atoms with Crippen molar-refractivity contribution >= 4 is 27.7 Å². The predicted molar refractivity (Wildman–Crippen MR) is 107 cm³/mol. The summed E-state index contributed by atoms with van der Waals surface area (Å²) in [7, 11) is -3.26. The number of aromatic nitrogens is 1. The van der Waals surface area contributed by atoms with Gasteiger partial charge in [-0.05, 0) is 18.6 Å². The SMILES string of the molecule is CCCCS(=O)(=O)N1C[C@@H]2OCC(NC(=O)CSc3ccncc3)CO[C@H]2C1. The second-order valence-corrected chi connectivity index (χ2v) is 10.1. The second-order valence-electron chi connectivity index (χ2n) is 6.97. The van der Waals surface area contributed by atoms with Crippen LogP contribution < -0.4 is 5.32 Å². The average molecular weight is 430 g/mol. The van der Waals surface area contributed by atoms with E-state index in [0.29, 0.717) is 38.5 Å². The molecule has 0 radical (unpaired) electrons. The molecule has 1 N–H and O–H groups in total. The lowest BCUT2D eigenvalue weighted by atomic mass is 10.3. The van der Waals surface area contributed by atoms with Gasteiger partial charge in [-0.3, -0.25) is 9.78 Å². The third kappa shape index (κ3) is 5.90. The van der Waals surface area contributed by atoms with Crippen LogP contribution in [0.2, 0.25) is 0 Å². The Labute approximate surface area is 170 Å². The van der Waals surface area contributed by atoms with Crippen LogP contribution in [-0.4, -0.2) is 79.7 Å². The number of nitrogens with zero attached hydrogens (tertiary/aromatic N) is 2. The highest BCUT2D eigenvalue weighted by atomic mass is 32.2. The average Bonchev–Trinajstić information content (AvgIpc) is 3.03. The van der Waals surface area contributed by atoms with Crippen molar-refractivity contribution in [3.63, 3.8) is 0 Å². The van der Waals surface area contributed by atoms with E-state index in [1.165, 1.54) is 16.1 Å². The molecule has 0 aromatic carbocycles. The fourth-order valence-corrected chi connectivity index (χ4v) is 5.53. The summed E-state index contributed by atoms with van der Waals surface area (Å²) < 4.78 is 38.0. The van der Waals surface area contributed by atoms with Gasteiger partial charge in [0.05, 0.1) is 43.0 Å². The number of ether oxygens (including phenoxy) is 2. The zero-order valence-corrected chi connectivity index (χ0v) is 17.6. The van der Waals surface area contributed by atoms with Crippen LogP contribution in [0.15, 0.2) is 29.4 Å². The van der Waals surface area contributed by atoms with Gasteiger partial charge in [-0.2, -0.15) is 4.31 Å². The van der Waals surface area contributed by atoms with Crippen molar-refractivity contribution in [1.29, 1.82) is 0 Å². The van der Waals surface area contributed by atoms with Crippen LogP contribution in [0.25, 0.3) is 0 Å². The summed E-state index contributed by atoms with van der Waals surface area (Å²) in [5, 5.41) is 2.93. The smallest absolute Gasteiger partial charge is 0.230 e. The first-order valence-corrected chi connectivity index (χ1v) is 12.1. The van der Waals surface area contributed by atoms with Crippen LogP contribution in [0.1, 0.15) is 19.8 Å². The Hall–Kier alpha value is -1.20. The molecule has 1 aromatic heterocycles. The second kappa shape index (κ2) is 10.0. The lowest BCUT2D eigenvalue weighted by Crippen LogP contribution is -2.42. The van der Waals surface area contributed by atoms with Crippen molar-refractivity contribution in [2.75, 3.05) is 37.8 Å². The molecule has 2 aliphatic heterocycles. The molecule has 3 rings (SSSR count).